The first kappa shape index (κ1) is 11.1. The van der Waals surface area contributed by atoms with Gasteiger partial charge in [0.2, 0.25) is 0 Å². The summed E-state index contributed by atoms with van der Waals surface area (Å²) in [5.41, 5.74) is 1.08. The lowest BCUT2D eigenvalue weighted by Crippen LogP contribution is -2.34. The van der Waals surface area contributed by atoms with E-state index in [1.807, 2.05) is 6.07 Å². The van der Waals surface area contributed by atoms with Crippen LogP contribution in [0.4, 0.5) is 0 Å². The molecule has 1 aromatic heterocycles. The van der Waals surface area contributed by atoms with E-state index in [0.717, 1.165) is 24.3 Å². The van der Waals surface area contributed by atoms with Crippen molar-refractivity contribution in [2.75, 3.05) is 6.54 Å². The Labute approximate surface area is 102 Å². The summed E-state index contributed by atoms with van der Waals surface area (Å²) in [4.78, 5) is 10.8. The van der Waals surface area contributed by atoms with Crippen LogP contribution in [0.1, 0.15) is 31.9 Å². The summed E-state index contributed by atoms with van der Waals surface area (Å²) in [5, 5.41) is 3.61. The zero-order valence-corrected chi connectivity index (χ0v) is 10.3. The van der Waals surface area contributed by atoms with Crippen LogP contribution in [0.25, 0.3) is 0 Å². The Kier molecular flexibility index (Phi) is 3.07. The number of rotatable bonds is 4. The van der Waals surface area contributed by atoms with Gasteiger partial charge in [0.1, 0.15) is 6.33 Å². The van der Waals surface area contributed by atoms with Gasteiger partial charge in [0.15, 0.2) is 0 Å². The molecule has 92 valence electrons. The van der Waals surface area contributed by atoms with Gasteiger partial charge in [-0.05, 0) is 32.3 Å². The summed E-state index contributed by atoms with van der Waals surface area (Å²) < 4.78 is 0. The Balaban J connectivity index is 1.50. The zero-order chi connectivity index (χ0) is 11.7. The summed E-state index contributed by atoms with van der Waals surface area (Å²) in [6.07, 6.45) is 7.50. The average molecular weight is 232 g/mol. The highest BCUT2D eigenvalue weighted by Crippen LogP contribution is 2.33. The first-order valence-electron chi connectivity index (χ1n) is 6.57. The fourth-order valence-electron chi connectivity index (χ4n) is 2.79. The van der Waals surface area contributed by atoms with Crippen LogP contribution < -0.4 is 5.32 Å². The van der Waals surface area contributed by atoms with Gasteiger partial charge in [0, 0.05) is 37.4 Å². The molecule has 1 aromatic rings. The van der Waals surface area contributed by atoms with Crippen LogP contribution in [0.5, 0.6) is 0 Å². The van der Waals surface area contributed by atoms with E-state index in [1.165, 1.54) is 25.8 Å². The lowest BCUT2D eigenvalue weighted by molar-refractivity contribution is 0.255. The Morgan fingerprint density at radius 2 is 2.35 bits per heavy atom. The van der Waals surface area contributed by atoms with Crippen LogP contribution in [0.2, 0.25) is 0 Å². The number of aromatic nitrogens is 2. The second kappa shape index (κ2) is 4.70. The Morgan fingerprint density at radius 1 is 1.47 bits per heavy atom. The molecule has 1 N–H and O–H groups in total. The highest BCUT2D eigenvalue weighted by molar-refractivity contribution is 5.00. The molecule has 2 aliphatic rings. The summed E-state index contributed by atoms with van der Waals surface area (Å²) >= 11 is 0. The van der Waals surface area contributed by atoms with Crippen molar-refractivity contribution in [1.29, 1.82) is 0 Å². The van der Waals surface area contributed by atoms with E-state index < -0.39 is 0 Å². The second-order valence-corrected chi connectivity index (χ2v) is 5.29. The molecule has 0 radical (unpaired) electrons. The lowest BCUT2D eigenvalue weighted by Gasteiger charge is -2.19. The van der Waals surface area contributed by atoms with Crippen molar-refractivity contribution in [3.8, 4) is 0 Å². The number of nitrogens with zero attached hydrogens (tertiary/aromatic N) is 3. The maximum absolute atomic E-state index is 4.24. The first-order valence-corrected chi connectivity index (χ1v) is 6.57. The Morgan fingerprint density at radius 3 is 3.06 bits per heavy atom. The van der Waals surface area contributed by atoms with E-state index in [2.05, 4.69) is 27.1 Å². The van der Waals surface area contributed by atoms with Crippen LogP contribution in [0.3, 0.4) is 0 Å². The zero-order valence-electron chi connectivity index (χ0n) is 10.3. The van der Waals surface area contributed by atoms with Gasteiger partial charge in [-0.3, -0.25) is 4.90 Å². The van der Waals surface area contributed by atoms with Gasteiger partial charge in [0.05, 0.1) is 5.69 Å². The lowest BCUT2D eigenvalue weighted by atomic mass is 10.2. The molecule has 0 bridgehead atoms. The molecular formula is C13H20N4. The van der Waals surface area contributed by atoms with Crippen molar-refractivity contribution in [3.05, 3.63) is 24.3 Å². The highest BCUT2D eigenvalue weighted by Gasteiger charge is 2.38. The second-order valence-electron chi connectivity index (χ2n) is 5.29. The quantitative estimate of drug-likeness (QED) is 0.846. The molecule has 2 unspecified atom stereocenters. The third-order valence-corrected chi connectivity index (χ3v) is 3.85. The van der Waals surface area contributed by atoms with Gasteiger partial charge >= 0.3 is 0 Å². The van der Waals surface area contributed by atoms with Gasteiger partial charge in [0.25, 0.3) is 0 Å². The van der Waals surface area contributed by atoms with Gasteiger partial charge in [-0.25, -0.2) is 9.97 Å². The van der Waals surface area contributed by atoms with Crippen LogP contribution >= 0.6 is 0 Å². The number of hydrogen-bond acceptors (Lipinski definition) is 4. The summed E-state index contributed by atoms with van der Waals surface area (Å²) in [7, 11) is 0. The third kappa shape index (κ3) is 2.64. The fourth-order valence-corrected chi connectivity index (χ4v) is 2.79. The van der Waals surface area contributed by atoms with E-state index >= 15 is 0 Å². The summed E-state index contributed by atoms with van der Waals surface area (Å²) in [6, 6.07) is 4.23. The number of likely N-dealkylation sites (tertiary alicyclic amines) is 1. The fraction of sp³-hybridized carbons (Fsp3) is 0.692. The van der Waals surface area contributed by atoms with E-state index in [4.69, 9.17) is 0 Å². The minimum absolute atomic E-state index is 0.626. The normalized spacial score (nSPS) is 29.7. The molecule has 2 fully saturated rings. The van der Waals surface area contributed by atoms with Gasteiger partial charge in [-0.1, -0.05) is 0 Å². The van der Waals surface area contributed by atoms with E-state index in [1.54, 1.807) is 12.5 Å². The first-order chi connectivity index (χ1) is 8.33. The van der Waals surface area contributed by atoms with Crippen LogP contribution in [-0.4, -0.2) is 39.5 Å². The predicted octanol–water partition coefficient (Wildman–Crippen LogP) is 1.19. The predicted molar refractivity (Wildman–Crippen MR) is 66.5 cm³/mol. The van der Waals surface area contributed by atoms with Gasteiger partial charge < -0.3 is 5.32 Å². The standard InChI is InChI=1S/C13H20N4/c1-10-6-12(8-17(10)13-2-3-13)15-7-11-4-5-14-9-16-11/h4-5,9-10,12-13,15H,2-3,6-8H2,1H3. The molecule has 0 amide bonds. The van der Waals surface area contributed by atoms with E-state index in [0.29, 0.717) is 6.04 Å². The average Bonchev–Trinajstić information content (AvgIpc) is 3.12. The van der Waals surface area contributed by atoms with Crippen LogP contribution in [-0.2, 0) is 6.54 Å². The molecule has 3 rings (SSSR count). The van der Waals surface area contributed by atoms with Crippen molar-refractivity contribution in [2.24, 2.45) is 0 Å². The molecule has 1 aliphatic carbocycles. The van der Waals surface area contributed by atoms with Gasteiger partial charge in [-0.15, -0.1) is 0 Å². The minimum atomic E-state index is 0.626. The van der Waals surface area contributed by atoms with Crippen molar-refractivity contribution < 1.29 is 0 Å². The Bertz CT molecular complexity index is 363. The Hall–Kier alpha value is -1.00. The molecule has 4 heteroatoms. The molecule has 2 atom stereocenters. The maximum atomic E-state index is 4.24. The molecule has 1 saturated heterocycles. The smallest absolute Gasteiger partial charge is 0.115 e. The molecule has 0 spiro atoms. The molecule has 1 aliphatic heterocycles. The summed E-state index contributed by atoms with van der Waals surface area (Å²) in [5.74, 6) is 0. The van der Waals surface area contributed by atoms with E-state index in [9.17, 15) is 0 Å². The molecule has 4 nitrogen and oxygen atoms in total. The van der Waals surface area contributed by atoms with Crippen molar-refractivity contribution >= 4 is 0 Å². The topological polar surface area (TPSA) is 41.1 Å². The molecule has 1 saturated carbocycles. The molecule has 17 heavy (non-hydrogen) atoms. The monoisotopic (exact) mass is 232 g/mol. The minimum Gasteiger partial charge on any atom is -0.307 e. The van der Waals surface area contributed by atoms with Crippen molar-refractivity contribution in [2.45, 2.75) is 50.9 Å². The number of hydrogen-bond donors (Lipinski definition) is 1. The molecule has 0 aromatic carbocycles. The van der Waals surface area contributed by atoms with Crippen LogP contribution in [0.15, 0.2) is 18.6 Å². The molecule has 2 heterocycles. The van der Waals surface area contributed by atoms with Crippen LogP contribution in [0, 0.1) is 0 Å². The largest absolute Gasteiger partial charge is 0.307 e. The number of nitrogens with one attached hydrogen (secondary N) is 1. The van der Waals surface area contributed by atoms with Gasteiger partial charge in [-0.2, -0.15) is 0 Å². The maximum Gasteiger partial charge on any atom is 0.115 e. The highest BCUT2D eigenvalue weighted by atomic mass is 15.3. The summed E-state index contributed by atoms with van der Waals surface area (Å²) in [6.45, 7) is 4.42. The third-order valence-electron chi connectivity index (χ3n) is 3.85. The SMILES string of the molecule is CC1CC(NCc2ccncn2)CN1C1CC1. The van der Waals surface area contributed by atoms with E-state index in [-0.39, 0.29) is 0 Å². The van der Waals surface area contributed by atoms with Crippen molar-refractivity contribution in [3.63, 3.8) is 0 Å². The molecular weight excluding hydrogens is 212 g/mol. The van der Waals surface area contributed by atoms with Crippen molar-refractivity contribution in [1.82, 2.24) is 20.2 Å².